The first-order valence-corrected chi connectivity index (χ1v) is 7.55. The Morgan fingerprint density at radius 2 is 2.05 bits per heavy atom. The molecule has 0 spiro atoms. The molecule has 0 bridgehead atoms. The number of ether oxygens (including phenoxy) is 1. The van der Waals surface area contributed by atoms with E-state index < -0.39 is 0 Å². The lowest BCUT2D eigenvalue weighted by atomic mass is 9.91. The van der Waals surface area contributed by atoms with E-state index in [1.165, 1.54) is 24.0 Å². The molecule has 1 aromatic rings. The van der Waals surface area contributed by atoms with Gasteiger partial charge < -0.3 is 15.8 Å². The summed E-state index contributed by atoms with van der Waals surface area (Å²) >= 11 is 0. The molecule has 3 heteroatoms. The molecule has 1 aliphatic heterocycles. The molecule has 19 heavy (non-hydrogen) atoms. The Morgan fingerprint density at radius 1 is 1.21 bits per heavy atom. The minimum absolute atomic E-state index is 0.430. The predicted molar refractivity (Wildman–Crippen MR) is 77.3 cm³/mol. The zero-order chi connectivity index (χ0) is 13.1. The summed E-state index contributed by atoms with van der Waals surface area (Å²) in [5, 5.41) is 3.67. The van der Waals surface area contributed by atoms with Crippen LogP contribution in [0.2, 0.25) is 0 Å². The fourth-order valence-corrected chi connectivity index (χ4v) is 3.11. The Morgan fingerprint density at radius 3 is 2.89 bits per heavy atom. The molecular weight excluding hydrogens is 236 g/mol. The molecule has 0 amide bonds. The molecule has 1 aliphatic carbocycles. The molecule has 0 atom stereocenters. The van der Waals surface area contributed by atoms with Crippen LogP contribution in [-0.2, 0) is 13.0 Å². The van der Waals surface area contributed by atoms with Crippen molar-refractivity contribution in [3.05, 3.63) is 29.3 Å². The second-order valence-electron chi connectivity index (χ2n) is 5.89. The minimum atomic E-state index is 0.430. The van der Waals surface area contributed by atoms with Crippen LogP contribution in [0.15, 0.2) is 18.2 Å². The Kier molecular flexibility index (Phi) is 4.04. The van der Waals surface area contributed by atoms with Crippen LogP contribution in [0.4, 0.5) is 0 Å². The standard InChI is InChI=1S/C16H24N2O/c17-14-4-6-15(7-5-14)18-11-12-3-8-16-13(10-12)2-1-9-19-16/h3,8,10,14-15,18H,1-2,4-7,9,11,17H2. The third-order valence-electron chi connectivity index (χ3n) is 4.34. The van der Waals surface area contributed by atoms with Gasteiger partial charge >= 0.3 is 0 Å². The fourth-order valence-electron chi connectivity index (χ4n) is 3.11. The zero-order valence-corrected chi connectivity index (χ0v) is 11.5. The van der Waals surface area contributed by atoms with Crippen molar-refractivity contribution in [2.45, 2.75) is 57.2 Å². The summed E-state index contributed by atoms with van der Waals surface area (Å²) in [5.74, 6) is 1.08. The maximum absolute atomic E-state index is 5.94. The van der Waals surface area contributed by atoms with Gasteiger partial charge in [-0.15, -0.1) is 0 Å². The van der Waals surface area contributed by atoms with E-state index in [0.717, 1.165) is 44.6 Å². The first kappa shape index (κ1) is 12.9. The first-order chi connectivity index (χ1) is 9.31. The number of aryl methyl sites for hydroxylation is 1. The number of rotatable bonds is 3. The molecule has 1 aromatic carbocycles. The van der Waals surface area contributed by atoms with Gasteiger partial charge in [-0.05, 0) is 55.7 Å². The quantitative estimate of drug-likeness (QED) is 0.877. The highest BCUT2D eigenvalue weighted by Gasteiger charge is 2.18. The molecule has 1 fully saturated rings. The molecule has 3 N–H and O–H groups in total. The Labute approximate surface area is 115 Å². The van der Waals surface area contributed by atoms with Gasteiger partial charge in [0.15, 0.2) is 0 Å². The summed E-state index contributed by atoms with van der Waals surface area (Å²) in [6.45, 7) is 1.83. The van der Waals surface area contributed by atoms with Crippen LogP contribution in [0.25, 0.3) is 0 Å². The lowest BCUT2D eigenvalue weighted by molar-refractivity contribution is 0.288. The summed E-state index contributed by atoms with van der Waals surface area (Å²) in [6.07, 6.45) is 7.06. The highest BCUT2D eigenvalue weighted by molar-refractivity contribution is 5.38. The first-order valence-electron chi connectivity index (χ1n) is 7.55. The molecule has 0 unspecified atom stereocenters. The van der Waals surface area contributed by atoms with Crippen LogP contribution in [-0.4, -0.2) is 18.7 Å². The van der Waals surface area contributed by atoms with E-state index in [0.29, 0.717) is 12.1 Å². The van der Waals surface area contributed by atoms with Crippen LogP contribution in [0.3, 0.4) is 0 Å². The van der Waals surface area contributed by atoms with Gasteiger partial charge in [-0.1, -0.05) is 12.1 Å². The van der Waals surface area contributed by atoms with Gasteiger partial charge in [-0.2, -0.15) is 0 Å². The topological polar surface area (TPSA) is 47.3 Å². The maximum Gasteiger partial charge on any atom is 0.122 e. The monoisotopic (exact) mass is 260 g/mol. The van der Waals surface area contributed by atoms with E-state index in [-0.39, 0.29) is 0 Å². The third-order valence-corrected chi connectivity index (χ3v) is 4.34. The average molecular weight is 260 g/mol. The third kappa shape index (κ3) is 3.28. The van der Waals surface area contributed by atoms with Crippen molar-refractivity contribution >= 4 is 0 Å². The van der Waals surface area contributed by atoms with Gasteiger partial charge in [-0.25, -0.2) is 0 Å². The molecule has 0 saturated heterocycles. The summed E-state index contributed by atoms with van der Waals surface area (Å²) in [5.41, 5.74) is 8.68. The minimum Gasteiger partial charge on any atom is -0.493 e. The van der Waals surface area contributed by atoms with E-state index in [9.17, 15) is 0 Å². The summed E-state index contributed by atoms with van der Waals surface area (Å²) in [6, 6.07) is 7.69. The molecule has 0 aromatic heterocycles. The molecule has 3 rings (SSSR count). The van der Waals surface area contributed by atoms with Crippen molar-refractivity contribution in [2.24, 2.45) is 5.73 Å². The number of benzene rings is 1. The van der Waals surface area contributed by atoms with E-state index in [2.05, 4.69) is 23.5 Å². The van der Waals surface area contributed by atoms with E-state index in [1.54, 1.807) is 0 Å². The predicted octanol–water partition coefficient (Wildman–Crippen LogP) is 2.37. The normalized spacial score (nSPS) is 26.6. The highest BCUT2D eigenvalue weighted by atomic mass is 16.5. The molecule has 104 valence electrons. The number of hydrogen-bond acceptors (Lipinski definition) is 3. The Balaban J connectivity index is 1.55. The van der Waals surface area contributed by atoms with Gasteiger partial charge in [0.05, 0.1) is 6.61 Å². The number of fused-ring (bicyclic) bond motifs is 1. The molecular formula is C16H24N2O. The molecule has 0 radical (unpaired) electrons. The second-order valence-corrected chi connectivity index (χ2v) is 5.89. The van der Waals surface area contributed by atoms with E-state index in [4.69, 9.17) is 10.5 Å². The summed E-state index contributed by atoms with van der Waals surface area (Å²) < 4.78 is 5.65. The van der Waals surface area contributed by atoms with Crippen molar-refractivity contribution in [1.82, 2.24) is 5.32 Å². The van der Waals surface area contributed by atoms with Gasteiger partial charge in [0, 0.05) is 18.6 Å². The second kappa shape index (κ2) is 5.93. The van der Waals surface area contributed by atoms with Crippen molar-refractivity contribution in [3.63, 3.8) is 0 Å². The Bertz CT molecular complexity index is 425. The van der Waals surface area contributed by atoms with Crippen LogP contribution in [0.5, 0.6) is 5.75 Å². The van der Waals surface area contributed by atoms with Crippen LogP contribution >= 0.6 is 0 Å². The van der Waals surface area contributed by atoms with Crippen molar-refractivity contribution in [1.29, 1.82) is 0 Å². The van der Waals surface area contributed by atoms with Crippen molar-refractivity contribution in [3.8, 4) is 5.75 Å². The number of nitrogens with two attached hydrogens (primary N) is 1. The van der Waals surface area contributed by atoms with Gasteiger partial charge in [0.2, 0.25) is 0 Å². The molecule has 2 aliphatic rings. The maximum atomic E-state index is 5.94. The van der Waals surface area contributed by atoms with Crippen molar-refractivity contribution in [2.75, 3.05) is 6.61 Å². The largest absolute Gasteiger partial charge is 0.493 e. The van der Waals surface area contributed by atoms with Gasteiger partial charge in [0.25, 0.3) is 0 Å². The van der Waals surface area contributed by atoms with Crippen LogP contribution in [0.1, 0.15) is 43.2 Å². The zero-order valence-electron chi connectivity index (χ0n) is 11.5. The van der Waals surface area contributed by atoms with Gasteiger partial charge in [0.1, 0.15) is 5.75 Å². The number of nitrogens with one attached hydrogen (secondary N) is 1. The lowest BCUT2D eigenvalue weighted by Gasteiger charge is -2.27. The van der Waals surface area contributed by atoms with Gasteiger partial charge in [-0.3, -0.25) is 0 Å². The SMILES string of the molecule is NC1CCC(NCc2ccc3c(c2)CCCO3)CC1. The average Bonchev–Trinajstić information content (AvgIpc) is 2.46. The Hall–Kier alpha value is -1.06. The van der Waals surface area contributed by atoms with Crippen molar-refractivity contribution < 1.29 is 4.74 Å². The fraction of sp³-hybridized carbons (Fsp3) is 0.625. The van der Waals surface area contributed by atoms with E-state index in [1.807, 2.05) is 0 Å². The van der Waals surface area contributed by atoms with E-state index >= 15 is 0 Å². The van der Waals surface area contributed by atoms with Crippen LogP contribution in [0, 0.1) is 0 Å². The van der Waals surface area contributed by atoms with Crippen LogP contribution < -0.4 is 15.8 Å². The highest BCUT2D eigenvalue weighted by Crippen LogP contribution is 2.25. The molecule has 1 heterocycles. The lowest BCUT2D eigenvalue weighted by Crippen LogP contribution is -2.37. The summed E-state index contributed by atoms with van der Waals surface area (Å²) in [4.78, 5) is 0. The molecule has 1 saturated carbocycles. The number of hydrogen-bond donors (Lipinski definition) is 2. The summed E-state index contributed by atoms with van der Waals surface area (Å²) in [7, 11) is 0. The molecule has 3 nitrogen and oxygen atoms in total. The smallest absolute Gasteiger partial charge is 0.122 e.